The summed E-state index contributed by atoms with van der Waals surface area (Å²) in [6.45, 7) is 4.79. The van der Waals surface area contributed by atoms with Crippen molar-refractivity contribution in [1.29, 1.82) is 0 Å². The molecule has 0 saturated heterocycles. The predicted octanol–water partition coefficient (Wildman–Crippen LogP) is 4.12. The van der Waals surface area contributed by atoms with E-state index in [4.69, 9.17) is 9.26 Å². The number of carbonyl (C=O) groups is 1. The maximum absolute atomic E-state index is 13.4. The maximum atomic E-state index is 13.4. The number of thiazole rings is 1. The summed E-state index contributed by atoms with van der Waals surface area (Å²) >= 11 is 1.37. The lowest BCUT2D eigenvalue weighted by atomic mass is 9.86. The Hall–Kier alpha value is -2.56. The highest BCUT2D eigenvalue weighted by atomic mass is 32.1. The molecular formula is C18H21F2N5O3S. The summed E-state index contributed by atoms with van der Waals surface area (Å²) in [5, 5.41) is 7.11. The monoisotopic (exact) mass is 425 g/mol. The Morgan fingerprint density at radius 3 is 2.97 bits per heavy atom. The van der Waals surface area contributed by atoms with Crippen LogP contribution in [0.1, 0.15) is 48.0 Å². The van der Waals surface area contributed by atoms with Gasteiger partial charge in [-0.2, -0.15) is 4.98 Å². The van der Waals surface area contributed by atoms with Gasteiger partial charge in [-0.25, -0.2) is 18.6 Å². The topological polar surface area (TPSA) is 93.4 Å². The van der Waals surface area contributed by atoms with E-state index in [0.717, 1.165) is 10.6 Å². The van der Waals surface area contributed by atoms with Crippen LogP contribution in [0.3, 0.4) is 0 Å². The van der Waals surface area contributed by atoms with Crippen LogP contribution in [-0.2, 0) is 17.7 Å². The minimum Gasteiger partial charge on any atom is -0.445 e. The third-order valence-electron chi connectivity index (χ3n) is 5.06. The summed E-state index contributed by atoms with van der Waals surface area (Å²) in [7, 11) is 0. The van der Waals surface area contributed by atoms with Gasteiger partial charge in [0.05, 0.1) is 12.2 Å². The second-order valence-electron chi connectivity index (χ2n) is 7.14. The van der Waals surface area contributed by atoms with Gasteiger partial charge in [-0.15, -0.1) is 0 Å². The van der Waals surface area contributed by atoms with Crippen LogP contribution < -0.4 is 10.2 Å². The molecule has 0 bridgehead atoms. The van der Waals surface area contributed by atoms with Gasteiger partial charge in [0.1, 0.15) is 6.61 Å². The first kappa shape index (κ1) is 19.7. The van der Waals surface area contributed by atoms with Gasteiger partial charge in [0.15, 0.2) is 11.0 Å². The van der Waals surface area contributed by atoms with Crippen molar-refractivity contribution in [2.24, 2.45) is 0 Å². The first-order valence-corrected chi connectivity index (χ1v) is 10.2. The van der Waals surface area contributed by atoms with Crippen molar-refractivity contribution in [3.63, 3.8) is 0 Å². The van der Waals surface area contributed by atoms with E-state index in [2.05, 4.69) is 27.0 Å². The van der Waals surface area contributed by atoms with Crippen molar-refractivity contribution in [3.05, 3.63) is 29.1 Å². The standard InChI is InChI=1S/C18H21F2N5O3S/c1-2-9-27-17(26)23-15-21-12-5-8-25(10-13(12)29-15)16-22-14(24-28-16)11-3-6-18(19,20)7-4-11/h2,11H,1,3-10H2,(H,21,23,26). The number of alkyl halides is 2. The predicted molar refractivity (Wildman–Crippen MR) is 102 cm³/mol. The molecule has 156 valence electrons. The SMILES string of the molecule is C=CCOC(=O)Nc1nc2c(s1)CN(c1nc(C3CCC(F)(F)CC3)no1)CC2. The van der Waals surface area contributed by atoms with Crippen molar-refractivity contribution in [3.8, 4) is 0 Å². The maximum Gasteiger partial charge on any atom is 0.413 e. The number of carbonyl (C=O) groups excluding carboxylic acids is 1. The normalized spacial score (nSPS) is 18.9. The van der Waals surface area contributed by atoms with Crippen LogP contribution in [0.15, 0.2) is 17.2 Å². The van der Waals surface area contributed by atoms with E-state index in [-0.39, 0.29) is 25.4 Å². The molecule has 3 heterocycles. The van der Waals surface area contributed by atoms with E-state index in [1.54, 1.807) is 0 Å². The van der Waals surface area contributed by atoms with Crippen LogP contribution in [0.25, 0.3) is 0 Å². The quantitative estimate of drug-likeness (QED) is 0.721. The van der Waals surface area contributed by atoms with Crippen LogP contribution >= 0.6 is 11.3 Å². The number of fused-ring (bicyclic) bond motifs is 1. The second kappa shape index (κ2) is 8.05. The Labute approximate surface area is 169 Å². The Morgan fingerprint density at radius 1 is 1.41 bits per heavy atom. The molecule has 2 aromatic heterocycles. The number of ether oxygens (including phenoxy) is 1. The van der Waals surface area contributed by atoms with Crippen molar-refractivity contribution < 1.29 is 22.8 Å². The summed E-state index contributed by atoms with van der Waals surface area (Å²) < 4.78 is 37.0. The number of rotatable bonds is 5. The summed E-state index contributed by atoms with van der Waals surface area (Å²) in [6.07, 6.45) is 2.03. The van der Waals surface area contributed by atoms with Crippen LogP contribution in [-0.4, -0.2) is 40.3 Å². The number of hydrogen-bond donors (Lipinski definition) is 1. The molecule has 1 amide bonds. The molecule has 1 aliphatic heterocycles. The lowest BCUT2D eigenvalue weighted by molar-refractivity contribution is -0.0389. The molecular weight excluding hydrogens is 404 g/mol. The molecule has 0 aromatic carbocycles. The van der Waals surface area contributed by atoms with Gasteiger partial charge in [-0.05, 0) is 12.8 Å². The van der Waals surface area contributed by atoms with Gasteiger partial charge in [0.25, 0.3) is 0 Å². The Kier molecular flexibility index (Phi) is 5.48. The number of halogens is 2. The van der Waals surface area contributed by atoms with E-state index < -0.39 is 12.0 Å². The average molecular weight is 425 g/mol. The molecule has 2 aliphatic rings. The number of nitrogens with zero attached hydrogens (tertiary/aromatic N) is 4. The molecule has 4 rings (SSSR count). The van der Waals surface area contributed by atoms with E-state index in [0.29, 0.717) is 49.3 Å². The summed E-state index contributed by atoms with van der Waals surface area (Å²) in [4.78, 5) is 23.5. The van der Waals surface area contributed by atoms with Crippen molar-refractivity contribution in [2.45, 2.75) is 50.5 Å². The van der Waals surface area contributed by atoms with Gasteiger partial charge in [0.2, 0.25) is 5.92 Å². The number of anilines is 2. The lowest BCUT2D eigenvalue weighted by Crippen LogP contribution is -2.30. The molecule has 0 spiro atoms. The zero-order valence-corrected chi connectivity index (χ0v) is 16.5. The van der Waals surface area contributed by atoms with Gasteiger partial charge in [-0.1, -0.05) is 29.1 Å². The number of nitrogens with one attached hydrogen (secondary N) is 1. The Morgan fingerprint density at radius 2 is 2.21 bits per heavy atom. The largest absolute Gasteiger partial charge is 0.445 e. The number of amides is 1. The first-order valence-electron chi connectivity index (χ1n) is 9.43. The van der Waals surface area contributed by atoms with Crippen LogP contribution in [0.4, 0.5) is 24.7 Å². The Bertz CT molecular complexity index is 890. The minimum atomic E-state index is -2.58. The molecule has 2 aromatic rings. The summed E-state index contributed by atoms with van der Waals surface area (Å²) in [6, 6.07) is 0.385. The van der Waals surface area contributed by atoms with Crippen LogP contribution in [0.2, 0.25) is 0 Å². The molecule has 29 heavy (non-hydrogen) atoms. The van der Waals surface area contributed by atoms with E-state index in [1.807, 2.05) is 4.90 Å². The van der Waals surface area contributed by atoms with Crippen molar-refractivity contribution in [2.75, 3.05) is 23.4 Å². The molecule has 1 saturated carbocycles. The molecule has 1 aliphatic carbocycles. The molecule has 0 atom stereocenters. The highest BCUT2D eigenvalue weighted by Gasteiger charge is 2.37. The van der Waals surface area contributed by atoms with E-state index >= 15 is 0 Å². The smallest absolute Gasteiger partial charge is 0.413 e. The zero-order valence-electron chi connectivity index (χ0n) is 15.7. The van der Waals surface area contributed by atoms with Crippen molar-refractivity contribution >= 4 is 28.6 Å². The fraction of sp³-hybridized carbons (Fsp3) is 0.556. The fourth-order valence-electron chi connectivity index (χ4n) is 3.49. The Balaban J connectivity index is 1.38. The molecule has 8 nitrogen and oxygen atoms in total. The molecule has 1 N–H and O–H groups in total. The first-order chi connectivity index (χ1) is 13.9. The number of hydrogen-bond acceptors (Lipinski definition) is 8. The highest BCUT2D eigenvalue weighted by Crippen LogP contribution is 2.40. The highest BCUT2D eigenvalue weighted by molar-refractivity contribution is 7.15. The summed E-state index contributed by atoms with van der Waals surface area (Å²) in [5.41, 5.74) is 0.916. The van der Waals surface area contributed by atoms with Crippen molar-refractivity contribution in [1.82, 2.24) is 15.1 Å². The van der Waals surface area contributed by atoms with Gasteiger partial charge < -0.3 is 14.2 Å². The molecule has 0 unspecified atom stereocenters. The van der Waals surface area contributed by atoms with Crippen LogP contribution in [0.5, 0.6) is 0 Å². The zero-order chi connectivity index (χ0) is 20.4. The molecule has 1 fully saturated rings. The summed E-state index contributed by atoms with van der Waals surface area (Å²) in [5.74, 6) is -2.17. The lowest BCUT2D eigenvalue weighted by Gasteiger charge is -2.26. The van der Waals surface area contributed by atoms with E-state index in [9.17, 15) is 13.6 Å². The molecule has 11 heteroatoms. The number of aromatic nitrogens is 3. The van der Waals surface area contributed by atoms with E-state index in [1.165, 1.54) is 17.4 Å². The average Bonchev–Trinajstić information content (AvgIpc) is 3.32. The third kappa shape index (κ3) is 4.55. The third-order valence-corrected chi connectivity index (χ3v) is 6.05. The molecule has 0 radical (unpaired) electrons. The fourth-order valence-corrected chi connectivity index (χ4v) is 4.50. The van der Waals surface area contributed by atoms with Gasteiger partial charge in [0, 0.05) is 36.6 Å². The second-order valence-corrected chi connectivity index (χ2v) is 8.22. The van der Waals surface area contributed by atoms with Gasteiger partial charge >= 0.3 is 12.1 Å². The minimum absolute atomic E-state index is 0.0896. The van der Waals surface area contributed by atoms with Gasteiger partial charge in [-0.3, -0.25) is 5.32 Å². The van der Waals surface area contributed by atoms with Crippen LogP contribution in [0, 0.1) is 0 Å².